The number of carbonyl (C=O) groups is 2. The van der Waals surface area contributed by atoms with E-state index in [0.717, 1.165) is 48.6 Å². The van der Waals surface area contributed by atoms with Crippen molar-refractivity contribution in [3.05, 3.63) is 29.4 Å². The molecule has 0 bridgehead atoms. The number of hydrogen-bond acceptors (Lipinski definition) is 6. The lowest BCUT2D eigenvalue weighted by molar-refractivity contribution is -0.134. The number of fused-ring (bicyclic) bond motifs is 1. The topological polar surface area (TPSA) is 112 Å². The molecule has 152 valence electrons. The number of nitrogens with two attached hydrogens (primary N) is 1. The van der Waals surface area contributed by atoms with Gasteiger partial charge in [0, 0.05) is 18.8 Å². The predicted molar refractivity (Wildman–Crippen MR) is 111 cm³/mol. The zero-order valence-corrected chi connectivity index (χ0v) is 17.0. The highest BCUT2D eigenvalue weighted by molar-refractivity contribution is 7.17. The zero-order valence-electron chi connectivity index (χ0n) is 16.2. The van der Waals surface area contributed by atoms with Crippen molar-refractivity contribution in [2.24, 2.45) is 11.7 Å². The number of likely N-dealkylation sites (tertiary alicyclic amines) is 1. The second kappa shape index (κ2) is 8.47. The molecular formula is C21H25N5O2S. The number of pyridine rings is 1. The van der Waals surface area contributed by atoms with Crippen LogP contribution in [-0.4, -0.2) is 46.4 Å². The lowest BCUT2D eigenvalue weighted by Crippen LogP contribution is -2.50. The summed E-state index contributed by atoms with van der Waals surface area (Å²) in [5.41, 5.74) is 6.70. The molecule has 0 unspecified atom stereocenters. The van der Waals surface area contributed by atoms with E-state index in [1.165, 1.54) is 0 Å². The van der Waals surface area contributed by atoms with Crippen molar-refractivity contribution in [2.45, 2.75) is 56.7 Å². The van der Waals surface area contributed by atoms with Crippen molar-refractivity contribution < 1.29 is 9.59 Å². The second-order valence-electron chi connectivity index (χ2n) is 7.96. The average molecular weight is 412 g/mol. The van der Waals surface area contributed by atoms with Crippen LogP contribution in [0.5, 0.6) is 0 Å². The summed E-state index contributed by atoms with van der Waals surface area (Å²) in [6.45, 7) is 0.623. The molecule has 2 aromatic rings. The van der Waals surface area contributed by atoms with Gasteiger partial charge in [0.1, 0.15) is 11.7 Å². The number of nitrogens with one attached hydrogen (secondary N) is 1. The molecule has 8 heteroatoms. The van der Waals surface area contributed by atoms with E-state index in [2.05, 4.69) is 16.4 Å². The van der Waals surface area contributed by atoms with Gasteiger partial charge >= 0.3 is 0 Å². The minimum absolute atomic E-state index is 0.0691. The first-order valence-corrected chi connectivity index (χ1v) is 11.0. The lowest BCUT2D eigenvalue weighted by Gasteiger charge is -2.34. The Bertz CT molecular complexity index is 944. The maximum Gasteiger partial charge on any atom is 0.270 e. The van der Waals surface area contributed by atoms with Gasteiger partial charge in [-0.1, -0.05) is 0 Å². The molecule has 1 saturated heterocycles. The van der Waals surface area contributed by atoms with E-state index in [9.17, 15) is 14.9 Å². The molecule has 2 atom stereocenters. The van der Waals surface area contributed by atoms with Gasteiger partial charge in [0.2, 0.25) is 5.91 Å². The number of thiophene rings is 1. The molecule has 2 aliphatic rings. The Kier molecular flexibility index (Phi) is 5.79. The van der Waals surface area contributed by atoms with Crippen molar-refractivity contribution in [1.29, 1.82) is 5.26 Å². The summed E-state index contributed by atoms with van der Waals surface area (Å²) in [4.78, 5) is 31.2. The molecule has 1 saturated carbocycles. The predicted octanol–water partition coefficient (Wildman–Crippen LogP) is 2.43. The maximum absolute atomic E-state index is 12.7. The Morgan fingerprint density at radius 3 is 2.86 bits per heavy atom. The highest BCUT2D eigenvalue weighted by atomic mass is 32.1. The molecule has 0 spiro atoms. The second-order valence-corrected chi connectivity index (χ2v) is 8.91. The molecule has 0 aromatic carbocycles. The Labute approximate surface area is 173 Å². The van der Waals surface area contributed by atoms with Crippen molar-refractivity contribution in [2.75, 3.05) is 6.54 Å². The van der Waals surface area contributed by atoms with Crippen molar-refractivity contribution in [1.82, 2.24) is 15.2 Å². The number of nitrogens with zero attached hydrogens (tertiary/aromatic N) is 3. The molecule has 4 rings (SSSR count). The molecule has 2 fully saturated rings. The van der Waals surface area contributed by atoms with E-state index in [1.54, 1.807) is 22.4 Å². The summed E-state index contributed by atoms with van der Waals surface area (Å²) in [5, 5.41) is 15.3. The number of aromatic nitrogens is 1. The van der Waals surface area contributed by atoms with E-state index < -0.39 is 6.04 Å². The van der Waals surface area contributed by atoms with Crippen LogP contribution in [0, 0.1) is 17.2 Å². The maximum atomic E-state index is 12.7. The van der Waals surface area contributed by atoms with E-state index in [-0.39, 0.29) is 29.8 Å². The Hall–Kier alpha value is -2.50. The van der Waals surface area contributed by atoms with Gasteiger partial charge in [-0.15, -0.1) is 11.3 Å². The smallest absolute Gasteiger partial charge is 0.270 e. The molecule has 29 heavy (non-hydrogen) atoms. The van der Waals surface area contributed by atoms with Gasteiger partial charge < -0.3 is 16.0 Å². The summed E-state index contributed by atoms with van der Waals surface area (Å²) in [5.74, 6) is -0.165. The van der Waals surface area contributed by atoms with Gasteiger partial charge in [-0.2, -0.15) is 5.26 Å². The Balaban J connectivity index is 1.30. The SMILES string of the molecule is N#C[C@@H]1CCCN1C(=O)[C@@H](N)[C@H]1CC[C@H](NC(=O)c2cc3ccsc3cn2)CC1. The molecule has 7 nitrogen and oxygen atoms in total. The minimum atomic E-state index is -0.566. The van der Waals surface area contributed by atoms with Gasteiger partial charge in [0.05, 0.1) is 16.8 Å². The number of rotatable bonds is 4. The fourth-order valence-electron chi connectivity index (χ4n) is 4.43. The zero-order chi connectivity index (χ0) is 20.4. The number of nitriles is 1. The standard InChI is InChI=1S/C21H25N5O2S/c22-11-16-2-1-8-26(16)21(28)19(23)13-3-5-15(6-4-13)25-20(27)17-10-14-7-9-29-18(14)12-24-17/h7,9-10,12-13,15-16,19H,1-6,8,23H2,(H,25,27)/t13-,15-,16-,19-/m0/s1. The molecular weight excluding hydrogens is 386 g/mol. The van der Waals surface area contributed by atoms with Crippen molar-refractivity contribution in [3.8, 4) is 6.07 Å². The lowest BCUT2D eigenvalue weighted by atomic mass is 9.81. The number of carbonyl (C=O) groups excluding carboxylic acids is 2. The normalized spacial score (nSPS) is 25.5. The van der Waals surface area contributed by atoms with Crippen LogP contribution in [0.25, 0.3) is 10.1 Å². The molecule has 0 radical (unpaired) electrons. The van der Waals surface area contributed by atoms with E-state index in [0.29, 0.717) is 12.2 Å². The van der Waals surface area contributed by atoms with Crippen LogP contribution in [-0.2, 0) is 4.79 Å². The van der Waals surface area contributed by atoms with Crippen molar-refractivity contribution in [3.63, 3.8) is 0 Å². The quantitative estimate of drug-likeness (QED) is 0.802. The van der Waals surface area contributed by atoms with Crippen LogP contribution in [0.1, 0.15) is 49.0 Å². The molecule has 2 amide bonds. The van der Waals surface area contributed by atoms with Gasteiger partial charge in [-0.3, -0.25) is 9.59 Å². The van der Waals surface area contributed by atoms with E-state index in [1.807, 2.05) is 17.5 Å². The van der Waals surface area contributed by atoms with Crippen molar-refractivity contribution >= 4 is 33.2 Å². The third-order valence-corrected chi connectivity index (χ3v) is 7.03. The molecule has 2 aromatic heterocycles. The largest absolute Gasteiger partial charge is 0.348 e. The molecule has 1 aliphatic carbocycles. The monoisotopic (exact) mass is 411 g/mol. The van der Waals surface area contributed by atoms with Crippen LogP contribution >= 0.6 is 11.3 Å². The minimum Gasteiger partial charge on any atom is -0.348 e. The van der Waals surface area contributed by atoms with Gasteiger partial charge in [-0.05, 0) is 67.3 Å². The molecule has 1 aliphatic heterocycles. The van der Waals surface area contributed by atoms with Crippen LogP contribution in [0.4, 0.5) is 0 Å². The van der Waals surface area contributed by atoms with Gasteiger partial charge in [0.25, 0.3) is 5.91 Å². The van der Waals surface area contributed by atoms with Gasteiger partial charge in [0.15, 0.2) is 0 Å². The summed E-state index contributed by atoms with van der Waals surface area (Å²) in [6, 6.07) is 5.18. The number of hydrogen-bond donors (Lipinski definition) is 2. The third kappa shape index (κ3) is 4.11. The first-order valence-electron chi connectivity index (χ1n) is 10.2. The van der Waals surface area contributed by atoms with Crippen LogP contribution < -0.4 is 11.1 Å². The number of amides is 2. The van der Waals surface area contributed by atoms with E-state index in [4.69, 9.17) is 5.73 Å². The molecule has 3 N–H and O–H groups in total. The van der Waals surface area contributed by atoms with Crippen LogP contribution in [0.3, 0.4) is 0 Å². The first kappa shape index (κ1) is 19.8. The highest BCUT2D eigenvalue weighted by Gasteiger charge is 2.36. The van der Waals surface area contributed by atoms with Crippen LogP contribution in [0.15, 0.2) is 23.7 Å². The van der Waals surface area contributed by atoms with Gasteiger partial charge in [-0.25, -0.2) is 4.98 Å². The average Bonchev–Trinajstić information content (AvgIpc) is 3.41. The summed E-state index contributed by atoms with van der Waals surface area (Å²) < 4.78 is 1.07. The fourth-order valence-corrected chi connectivity index (χ4v) is 5.17. The van der Waals surface area contributed by atoms with Crippen LogP contribution in [0.2, 0.25) is 0 Å². The first-order chi connectivity index (χ1) is 14.1. The summed E-state index contributed by atoms with van der Waals surface area (Å²) >= 11 is 1.60. The fraction of sp³-hybridized carbons (Fsp3) is 0.524. The third-order valence-electron chi connectivity index (χ3n) is 6.16. The Morgan fingerprint density at radius 1 is 1.31 bits per heavy atom. The summed E-state index contributed by atoms with van der Waals surface area (Å²) in [7, 11) is 0. The molecule has 3 heterocycles. The van der Waals surface area contributed by atoms with E-state index >= 15 is 0 Å². The highest BCUT2D eigenvalue weighted by Crippen LogP contribution is 2.29. The summed E-state index contributed by atoms with van der Waals surface area (Å²) in [6.07, 6.45) is 6.50. The Morgan fingerprint density at radius 2 is 2.10 bits per heavy atom.